The molecule has 6 heteroatoms. The molecule has 4 heterocycles. The molecule has 0 radical (unpaired) electrons. The van der Waals surface area contributed by atoms with Crippen LogP contribution in [-0.2, 0) is 13.0 Å². The Morgan fingerprint density at radius 2 is 1.97 bits per heavy atom. The van der Waals surface area contributed by atoms with Gasteiger partial charge in [-0.1, -0.05) is 19.3 Å². The molecule has 0 spiro atoms. The van der Waals surface area contributed by atoms with Crippen molar-refractivity contribution in [3.05, 3.63) is 52.5 Å². The second-order valence-electron chi connectivity index (χ2n) is 8.81. The Bertz CT molecular complexity index is 1000. The third-order valence-electron chi connectivity index (χ3n) is 6.74. The number of aryl methyl sites for hydroxylation is 1. The van der Waals surface area contributed by atoms with Gasteiger partial charge in [0.15, 0.2) is 0 Å². The number of aromatic nitrogens is 2. The van der Waals surface area contributed by atoms with Crippen LogP contribution in [0, 0.1) is 18.3 Å². The number of nitrogens with zero attached hydrogens (tertiary/aromatic N) is 6. The monoisotopic (exact) mass is 400 g/mol. The van der Waals surface area contributed by atoms with Gasteiger partial charge in [0.1, 0.15) is 11.9 Å². The summed E-state index contributed by atoms with van der Waals surface area (Å²) in [5.41, 5.74) is 5.41. The third kappa shape index (κ3) is 3.65. The Kier molecular flexibility index (Phi) is 5.12. The summed E-state index contributed by atoms with van der Waals surface area (Å²) >= 11 is 0. The van der Waals surface area contributed by atoms with Gasteiger partial charge < -0.3 is 4.90 Å². The highest BCUT2D eigenvalue weighted by molar-refractivity contribution is 5.70. The normalized spacial score (nSPS) is 21.5. The van der Waals surface area contributed by atoms with Gasteiger partial charge in [-0.2, -0.15) is 10.4 Å². The molecule has 0 saturated heterocycles. The number of anilines is 1. The molecule has 30 heavy (non-hydrogen) atoms. The number of fused-ring (bicyclic) bond motifs is 1. The summed E-state index contributed by atoms with van der Waals surface area (Å²) in [6, 6.07) is 7.04. The van der Waals surface area contributed by atoms with E-state index in [0.29, 0.717) is 17.5 Å². The summed E-state index contributed by atoms with van der Waals surface area (Å²) in [5, 5.41) is 16.2. The summed E-state index contributed by atoms with van der Waals surface area (Å²) in [4.78, 5) is 11.7. The molecule has 154 valence electrons. The maximum absolute atomic E-state index is 9.10. The maximum atomic E-state index is 9.10. The number of pyridine rings is 2. The van der Waals surface area contributed by atoms with Gasteiger partial charge >= 0.3 is 0 Å². The topological polar surface area (TPSA) is 68.4 Å². The van der Waals surface area contributed by atoms with E-state index >= 15 is 0 Å². The second-order valence-corrected chi connectivity index (χ2v) is 8.81. The van der Waals surface area contributed by atoms with Crippen LogP contribution in [0.3, 0.4) is 0 Å². The van der Waals surface area contributed by atoms with E-state index in [1.165, 1.54) is 48.9 Å². The highest BCUT2D eigenvalue weighted by Gasteiger charge is 2.28. The Morgan fingerprint density at radius 3 is 2.77 bits per heavy atom. The average molecular weight is 401 g/mol. The molecule has 1 unspecified atom stereocenters. The molecule has 1 aliphatic carbocycles. The van der Waals surface area contributed by atoms with Gasteiger partial charge in [0.25, 0.3) is 0 Å². The van der Waals surface area contributed by atoms with Gasteiger partial charge in [-0.25, -0.2) is 4.98 Å². The Labute approximate surface area is 178 Å². The highest BCUT2D eigenvalue weighted by atomic mass is 15.5. The van der Waals surface area contributed by atoms with Crippen LogP contribution in [0.4, 0.5) is 5.82 Å². The Hall–Kier alpha value is -2.94. The largest absolute Gasteiger partial charge is 0.352 e. The zero-order chi connectivity index (χ0) is 20.5. The fourth-order valence-corrected chi connectivity index (χ4v) is 5.06. The van der Waals surface area contributed by atoms with Crippen molar-refractivity contribution in [1.82, 2.24) is 15.0 Å². The first-order valence-corrected chi connectivity index (χ1v) is 11.1. The number of hydrazone groups is 1. The minimum atomic E-state index is 0.329. The average Bonchev–Trinajstić information content (AvgIpc) is 3.29. The second kappa shape index (κ2) is 8.06. The molecular formula is C24H28N6. The lowest BCUT2D eigenvalue weighted by Gasteiger charge is -2.31. The first-order chi connectivity index (χ1) is 14.7. The van der Waals surface area contributed by atoms with Gasteiger partial charge in [-0.3, -0.25) is 9.99 Å². The number of hydrogen-bond donors (Lipinski definition) is 0. The molecule has 2 aromatic heterocycles. The Morgan fingerprint density at radius 1 is 1.10 bits per heavy atom. The molecule has 3 aliphatic rings. The molecule has 0 N–H and O–H groups in total. The molecule has 1 saturated carbocycles. The van der Waals surface area contributed by atoms with Crippen molar-refractivity contribution in [2.24, 2.45) is 5.10 Å². The van der Waals surface area contributed by atoms with E-state index in [1.54, 1.807) is 6.20 Å². The molecule has 0 amide bonds. The van der Waals surface area contributed by atoms with Crippen LogP contribution in [0.1, 0.15) is 66.0 Å². The van der Waals surface area contributed by atoms with Crippen molar-refractivity contribution >= 4 is 12.0 Å². The van der Waals surface area contributed by atoms with Gasteiger partial charge in [-0.15, -0.1) is 0 Å². The number of hydrogen-bond acceptors (Lipinski definition) is 6. The predicted molar refractivity (Wildman–Crippen MR) is 117 cm³/mol. The molecule has 1 atom stereocenters. The Balaban J connectivity index is 1.32. The fourth-order valence-electron chi connectivity index (χ4n) is 5.06. The lowest BCUT2D eigenvalue weighted by Crippen LogP contribution is -2.33. The summed E-state index contributed by atoms with van der Waals surface area (Å²) in [6.07, 6.45) is 13.4. The van der Waals surface area contributed by atoms with E-state index in [-0.39, 0.29) is 0 Å². The summed E-state index contributed by atoms with van der Waals surface area (Å²) < 4.78 is 0. The van der Waals surface area contributed by atoms with E-state index < -0.39 is 0 Å². The maximum Gasteiger partial charge on any atom is 0.131 e. The SMILES string of the molecule is Cc1cc(C#N)cnc1N1CCc2ncc(C3C=NN(C4CCCCC4)C3)cc2C1. The molecule has 5 rings (SSSR count). The van der Waals surface area contributed by atoms with Gasteiger partial charge in [0.2, 0.25) is 0 Å². The van der Waals surface area contributed by atoms with Crippen LogP contribution in [-0.4, -0.2) is 40.3 Å². The van der Waals surface area contributed by atoms with E-state index in [9.17, 15) is 0 Å². The minimum absolute atomic E-state index is 0.329. The first-order valence-electron chi connectivity index (χ1n) is 11.1. The quantitative estimate of drug-likeness (QED) is 0.781. The minimum Gasteiger partial charge on any atom is -0.352 e. The van der Waals surface area contributed by atoms with Gasteiger partial charge in [0, 0.05) is 62.3 Å². The lowest BCUT2D eigenvalue weighted by atomic mass is 9.93. The van der Waals surface area contributed by atoms with E-state index in [1.807, 2.05) is 13.0 Å². The van der Waals surface area contributed by atoms with Crippen molar-refractivity contribution < 1.29 is 0 Å². The molecule has 6 nitrogen and oxygen atoms in total. The highest BCUT2D eigenvalue weighted by Crippen LogP contribution is 2.31. The van der Waals surface area contributed by atoms with Crippen molar-refractivity contribution in [1.29, 1.82) is 5.26 Å². The molecule has 0 aromatic carbocycles. The van der Waals surface area contributed by atoms with Crippen molar-refractivity contribution in [2.75, 3.05) is 18.0 Å². The van der Waals surface area contributed by atoms with Crippen molar-refractivity contribution in [3.8, 4) is 6.07 Å². The van der Waals surface area contributed by atoms with Crippen molar-refractivity contribution in [3.63, 3.8) is 0 Å². The number of rotatable bonds is 3. The van der Waals surface area contributed by atoms with E-state index in [0.717, 1.165) is 37.4 Å². The lowest BCUT2D eigenvalue weighted by molar-refractivity contribution is 0.174. The summed E-state index contributed by atoms with van der Waals surface area (Å²) in [6.45, 7) is 4.72. The van der Waals surface area contributed by atoms with E-state index in [2.05, 4.69) is 39.4 Å². The predicted octanol–water partition coefficient (Wildman–Crippen LogP) is 3.94. The zero-order valence-corrected chi connectivity index (χ0v) is 17.6. The standard InChI is InChI=1S/C24H28N6/c1-17-9-18(11-25)12-27-24(17)29-8-7-23-20(15-29)10-19(13-26-23)21-14-28-30(16-21)22-5-3-2-4-6-22/h9-10,12-14,21-22H,2-8,15-16H2,1H3. The number of nitriles is 1. The van der Waals surface area contributed by atoms with Crippen molar-refractivity contribution in [2.45, 2.75) is 64.0 Å². The summed E-state index contributed by atoms with van der Waals surface area (Å²) in [5.74, 6) is 1.30. The van der Waals surface area contributed by atoms with Crippen LogP contribution in [0.5, 0.6) is 0 Å². The molecule has 1 fully saturated rings. The van der Waals surface area contributed by atoms with Gasteiger partial charge in [-0.05, 0) is 48.6 Å². The summed E-state index contributed by atoms with van der Waals surface area (Å²) in [7, 11) is 0. The smallest absolute Gasteiger partial charge is 0.131 e. The third-order valence-corrected chi connectivity index (χ3v) is 6.74. The van der Waals surface area contributed by atoms with Crippen LogP contribution in [0.2, 0.25) is 0 Å². The van der Waals surface area contributed by atoms with Crippen LogP contribution in [0.25, 0.3) is 0 Å². The van der Waals surface area contributed by atoms with Crippen LogP contribution in [0.15, 0.2) is 29.6 Å². The van der Waals surface area contributed by atoms with E-state index in [4.69, 9.17) is 15.3 Å². The first kappa shape index (κ1) is 19.0. The fraction of sp³-hybridized carbons (Fsp3) is 0.500. The molecule has 2 aliphatic heterocycles. The van der Waals surface area contributed by atoms with Crippen LogP contribution >= 0.6 is 0 Å². The van der Waals surface area contributed by atoms with Gasteiger partial charge in [0.05, 0.1) is 5.56 Å². The zero-order valence-electron chi connectivity index (χ0n) is 17.6. The molecular weight excluding hydrogens is 372 g/mol. The van der Waals surface area contributed by atoms with Crippen LogP contribution < -0.4 is 4.90 Å². The molecule has 0 bridgehead atoms. The molecule has 2 aromatic rings.